The van der Waals surface area contributed by atoms with Gasteiger partial charge in [0.25, 0.3) is 0 Å². The average Bonchev–Trinajstić information content (AvgIpc) is 2.99. The zero-order chi connectivity index (χ0) is 13.9. The molecule has 1 N–H and O–H groups in total. The van der Waals surface area contributed by atoms with Gasteiger partial charge in [0.2, 0.25) is 5.91 Å². The molecule has 3 rings (SSSR count). The molecule has 0 aliphatic carbocycles. The maximum atomic E-state index is 12.5. The van der Waals surface area contributed by atoms with Gasteiger partial charge in [-0.2, -0.15) is 0 Å². The molecule has 0 spiro atoms. The molecular formula is C17H24N2O. The van der Waals surface area contributed by atoms with Crippen molar-refractivity contribution in [3.8, 4) is 0 Å². The Kier molecular flexibility index (Phi) is 4.06. The Morgan fingerprint density at radius 2 is 2.25 bits per heavy atom. The largest absolute Gasteiger partial charge is 0.336 e. The first-order valence-corrected chi connectivity index (χ1v) is 7.83. The SMILES string of the molecule is CC1c2ccccc2CCN1C(=O)CCC1CCNC1. The van der Waals surface area contributed by atoms with Gasteiger partial charge in [-0.25, -0.2) is 0 Å². The van der Waals surface area contributed by atoms with Crippen molar-refractivity contribution < 1.29 is 4.79 Å². The van der Waals surface area contributed by atoms with Gasteiger partial charge in [-0.15, -0.1) is 0 Å². The van der Waals surface area contributed by atoms with Crippen LogP contribution in [-0.2, 0) is 11.2 Å². The third-order valence-corrected chi connectivity index (χ3v) is 4.84. The van der Waals surface area contributed by atoms with Crippen molar-refractivity contribution in [3.05, 3.63) is 35.4 Å². The van der Waals surface area contributed by atoms with Crippen LogP contribution in [0.4, 0.5) is 0 Å². The van der Waals surface area contributed by atoms with Gasteiger partial charge in [-0.05, 0) is 56.3 Å². The minimum absolute atomic E-state index is 0.231. The Bertz CT molecular complexity index is 480. The fourth-order valence-electron chi connectivity index (χ4n) is 3.54. The molecule has 1 aromatic rings. The lowest BCUT2D eigenvalue weighted by atomic mass is 9.93. The topological polar surface area (TPSA) is 32.3 Å². The van der Waals surface area contributed by atoms with Gasteiger partial charge in [0.1, 0.15) is 0 Å². The maximum absolute atomic E-state index is 12.5. The fourth-order valence-corrected chi connectivity index (χ4v) is 3.54. The number of carbonyl (C=O) groups excluding carboxylic acids is 1. The molecule has 1 amide bonds. The number of benzene rings is 1. The number of carbonyl (C=O) groups is 1. The summed E-state index contributed by atoms with van der Waals surface area (Å²) in [4.78, 5) is 14.6. The molecule has 0 radical (unpaired) electrons. The normalized spacial score (nSPS) is 25.6. The lowest BCUT2D eigenvalue weighted by molar-refractivity contribution is -0.134. The van der Waals surface area contributed by atoms with Crippen LogP contribution in [0.1, 0.15) is 43.4 Å². The van der Waals surface area contributed by atoms with E-state index in [2.05, 4.69) is 41.4 Å². The van der Waals surface area contributed by atoms with Crippen LogP contribution in [0, 0.1) is 5.92 Å². The molecule has 2 heterocycles. The Morgan fingerprint density at radius 1 is 1.40 bits per heavy atom. The maximum Gasteiger partial charge on any atom is 0.223 e. The molecule has 2 aliphatic heterocycles. The smallest absolute Gasteiger partial charge is 0.223 e. The first kappa shape index (κ1) is 13.6. The lowest BCUT2D eigenvalue weighted by Crippen LogP contribution is -2.38. The van der Waals surface area contributed by atoms with Crippen molar-refractivity contribution >= 4 is 5.91 Å². The van der Waals surface area contributed by atoms with Gasteiger partial charge in [-0.3, -0.25) is 4.79 Å². The molecule has 3 nitrogen and oxygen atoms in total. The van der Waals surface area contributed by atoms with Crippen molar-refractivity contribution in [1.82, 2.24) is 10.2 Å². The molecule has 1 fully saturated rings. The molecule has 20 heavy (non-hydrogen) atoms. The van der Waals surface area contributed by atoms with Gasteiger partial charge >= 0.3 is 0 Å². The number of hydrogen-bond donors (Lipinski definition) is 1. The third-order valence-electron chi connectivity index (χ3n) is 4.84. The fraction of sp³-hybridized carbons (Fsp3) is 0.588. The van der Waals surface area contributed by atoms with Crippen molar-refractivity contribution in [2.24, 2.45) is 5.92 Å². The quantitative estimate of drug-likeness (QED) is 0.917. The second kappa shape index (κ2) is 5.96. The molecule has 2 atom stereocenters. The number of amides is 1. The van der Waals surface area contributed by atoms with Crippen molar-refractivity contribution in [2.75, 3.05) is 19.6 Å². The second-order valence-corrected chi connectivity index (χ2v) is 6.11. The van der Waals surface area contributed by atoms with Crippen LogP contribution in [0.2, 0.25) is 0 Å². The molecule has 0 bridgehead atoms. The molecule has 0 saturated carbocycles. The number of fused-ring (bicyclic) bond motifs is 1. The highest BCUT2D eigenvalue weighted by Crippen LogP contribution is 2.30. The van der Waals surface area contributed by atoms with E-state index in [1.165, 1.54) is 17.5 Å². The predicted octanol–water partition coefficient (Wildman–Crippen LogP) is 2.52. The van der Waals surface area contributed by atoms with E-state index in [-0.39, 0.29) is 6.04 Å². The van der Waals surface area contributed by atoms with E-state index in [9.17, 15) is 4.79 Å². The van der Waals surface area contributed by atoms with Gasteiger partial charge in [0.15, 0.2) is 0 Å². The Labute approximate surface area is 121 Å². The zero-order valence-electron chi connectivity index (χ0n) is 12.3. The van der Waals surface area contributed by atoms with E-state index >= 15 is 0 Å². The van der Waals surface area contributed by atoms with E-state index in [0.717, 1.165) is 32.5 Å². The summed E-state index contributed by atoms with van der Waals surface area (Å²) in [5, 5.41) is 3.37. The molecule has 3 heteroatoms. The summed E-state index contributed by atoms with van der Waals surface area (Å²) in [5.74, 6) is 1.03. The van der Waals surface area contributed by atoms with E-state index in [4.69, 9.17) is 0 Å². The average molecular weight is 272 g/mol. The molecular weight excluding hydrogens is 248 g/mol. The highest BCUT2D eigenvalue weighted by atomic mass is 16.2. The van der Waals surface area contributed by atoms with Crippen LogP contribution in [0.3, 0.4) is 0 Å². The van der Waals surface area contributed by atoms with Crippen LogP contribution < -0.4 is 5.32 Å². The Hall–Kier alpha value is -1.35. The monoisotopic (exact) mass is 272 g/mol. The minimum atomic E-state index is 0.231. The lowest BCUT2D eigenvalue weighted by Gasteiger charge is -2.35. The Morgan fingerprint density at radius 3 is 3.05 bits per heavy atom. The van der Waals surface area contributed by atoms with Gasteiger partial charge in [-0.1, -0.05) is 24.3 Å². The first-order chi connectivity index (χ1) is 9.75. The van der Waals surface area contributed by atoms with Crippen LogP contribution in [0.15, 0.2) is 24.3 Å². The predicted molar refractivity (Wildman–Crippen MR) is 80.5 cm³/mol. The highest BCUT2D eigenvalue weighted by molar-refractivity contribution is 5.77. The van der Waals surface area contributed by atoms with E-state index < -0.39 is 0 Å². The summed E-state index contributed by atoms with van der Waals surface area (Å²) in [7, 11) is 0. The van der Waals surface area contributed by atoms with Gasteiger partial charge in [0.05, 0.1) is 6.04 Å². The first-order valence-electron chi connectivity index (χ1n) is 7.83. The molecule has 108 valence electrons. The summed E-state index contributed by atoms with van der Waals surface area (Å²) in [6.07, 6.45) is 3.97. The van der Waals surface area contributed by atoms with Crippen LogP contribution in [0.25, 0.3) is 0 Å². The summed E-state index contributed by atoms with van der Waals surface area (Å²) in [5.41, 5.74) is 2.73. The van der Waals surface area contributed by atoms with E-state index in [1.54, 1.807) is 0 Å². The van der Waals surface area contributed by atoms with Crippen LogP contribution in [-0.4, -0.2) is 30.4 Å². The molecule has 2 aliphatic rings. The van der Waals surface area contributed by atoms with E-state index in [1.807, 2.05) is 0 Å². The molecule has 1 aromatic carbocycles. The van der Waals surface area contributed by atoms with Gasteiger partial charge < -0.3 is 10.2 Å². The highest BCUT2D eigenvalue weighted by Gasteiger charge is 2.27. The van der Waals surface area contributed by atoms with Crippen molar-refractivity contribution in [3.63, 3.8) is 0 Å². The molecule has 2 unspecified atom stereocenters. The van der Waals surface area contributed by atoms with Crippen molar-refractivity contribution in [2.45, 2.75) is 38.6 Å². The molecule has 0 aromatic heterocycles. The van der Waals surface area contributed by atoms with Crippen molar-refractivity contribution in [1.29, 1.82) is 0 Å². The summed E-state index contributed by atoms with van der Waals surface area (Å²) < 4.78 is 0. The number of nitrogens with one attached hydrogen (secondary N) is 1. The summed E-state index contributed by atoms with van der Waals surface area (Å²) >= 11 is 0. The number of hydrogen-bond acceptors (Lipinski definition) is 2. The minimum Gasteiger partial charge on any atom is -0.336 e. The number of rotatable bonds is 3. The van der Waals surface area contributed by atoms with Crippen LogP contribution in [0.5, 0.6) is 0 Å². The van der Waals surface area contributed by atoms with E-state index in [0.29, 0.717) is 18.2 Å². The second-order valence-electron chi connectivity index (χ2n) is 6.11. The van der Waals surface area contributed by atoms with Gasteiger partial charge in [0, 0.05) is 13.0 Å². The number of nitrogens with zero attached hydrogens (tertiary/aromatic N) is 1. The van der Waals surface area contributed by atoms with Crippen LogP contribution >= 0.6 is 0 Å². The Balaban J connectivity index is 1.61. The molecule has 1 saturated heterocycles. The third kappa shape index (κ3) is 2.73. The zero-order valence-corrected chi connectivity index (χ0v) is 12.3. The summed E-state index contributed by atoms with van der Waals surface area (Å²) in [6.45, 7) is 5.24. The summed E-state index contributed by atoms with van der Waals surface area (Å²) in [6, 6.07) is 8.76. The standard InChI is InChI=1S/C17H24N2O/c1-13-16-5-3-2-4-15(16)9-11-19(13)17(20)7-6-14-8-10-18-12-14/h2-5,13-14,18H,6-12H2,1H3.